The van der Waals surface area contributed by atoms with Crippen LogP contribution in [0.25, 0.3) is 20.9 Å². The summed E-state index contributed by atoms with van der Waals surface area (Å²) in [5, 5.41) is 6.84. The smallest absolute Gasteiger partial charge is 0.0466 e. The van der Waals surface area contributed by atoms with Crippen LogP contribution >= 0.6 is 0 Å². The van der Waals surface area contributed by atoms with Crippen LogP contribution in [0.4, 0.5) is 0 Å². The Bertz CT molecular complexity index is 207. The molecule has 7 nitrogen and oxygen atoms in total. The molecule has 0 amide bonds. The lowest BCUT2D eigenvalue weighted by atomic mass is 10.3. The van der Waals surface area contributed by atoms with Crippen molar-refractivity contribution in [3.8, 4) is 0 Å². The minimum Gasteiger partial charge on any atom is -0.381 e. The minimum atomic E-state index is 0.538. The van der Waals surface area contributed by atoms with Crippen LogP contribution in [0.5, 0.6) is 0 Å². The number of hydrogen-bond acceptors (Lipinski definition) is 3. The van der Waals surface area contributed by atoms with Gasteiger partial charge in [0.05, 0.1) is 0 Å². The van der Waals surface area contributed by atoms with Gasteiger partial charge >= 0.3 is 0 Å². The molecule has 0 heterocycles. The molecule has 0 aromatic heterocycles. The van der Waals surface area contributed by atoms with Crippen LogP contribution < -0.4 is 0 Å². The first kappa shape index (κ1) is 13.6. The van der Waals surface area contributed by atoms with Crippen molar-refractivity contribution in [2.24, 2.45) is 10.2 Å². The lowest BCUT2D eigenvalue weighted by molar-refractivity contribution is 0.127. The molecular formula is C8H16N6O. The molecule has 0 aliphatic carbocycles. The zero-order chi connectivity index (χ0) is 11.2. The van der Waals surface area contributed by atoms with Gasteiger partial charge in [-0.3, -0.25) is 0 Å². The van der Waals surface area contributed by atoms with Gasteiger partial charge in [0.2, 0.25) is 0 Å². The average molecular weight is 212 g/mol. The molecule has 0 unspecified atom stereocenters. The topological polar surface area (TPSA) is 107 Å². The third kappa shape index (κ3) is 12.6. The van der Waals surface area contributed by atoms with Gasteiger partial charge in [0.15, 0.2) is 0 Å². The molecule has 0 radical (unpaired) electrons. The van der Waals surface area contributed by atoms with Crippen LogP contribution in [0.1, 0.15) is 25.7 Å². The number of unbranched alkanes of at least 4 members (excludes halogenated alkanes) is 2. The zero-order valence-electron chi connectivity index (χ0n) is 8.75. The third-order valence-corrected chi connectivity index (χ3v) is 1.72. The minimum absolute atomic E-state index is 0.538. The van der Waals surface area contributed by atoms with Crippen LogP contribution in [0.3, 0.4) is 0 Å². The summed E-state index contributed by atoms with van der Waals surface area (Å²) in [7, 11) is 0. The quantitative estimate of drug-likeness (QED) is 0.236. The van der Waals surface area contributed by atoms with E-state index in [9.17, 15) is 0 Å². The summed E-state index contributed by atoms with van der Waals surface area (Å²) in [5.74, 6) is 0. The summed E-state index contributed by atoms with van der Waals surface area (Å²) >= 11 is 0. The first-order valence-corrected chi connectivity index (χ1v) is 5.01. The van der Waals surface area contributed by atoms with E-state index in [1.807, 2.05) is 0 Å². The van der Waals surface area contributed by atoms with E-state index in [4.69, 9.17) is 15.8 Å². The SMILES string of the molecule is [N-]=[N+]=NCCCCOCCCCN=[N+]=[N-]. The summed E-state index contributed by atoms with van der Waals surface area (Å²) in [6.45, 7) is 2.47. The van der Waals surface area contributed by atoms with Crippen LogP contribution in [-0.2, 0) is 4.74 Å². The molecule has 0 saturated carbocycles. The van der Waals surface area contributed by atoms with E-state index in [1.54, 1.807) is 0 Å². The highest BCUT2D eigenvalue weighted by molar-refractivity contribution is 4.49. The van der Waals surface area contributed by atoms with E-state index in [0.717, 1.165) is 25.7 Å². The molecule has 0 aromatic carbocycles. The van der Waals surface area contributed by atoms with Crippen molar-refractivity contribution in [2.75, 3.05) is 26.3 Å². The molecule has 0 fully saturated rings. The largest absolute Gasteiger partial charge is 0.381 e. The normalized spacial score (nSPS) is 9.07. The third-order valence-electron chi connectivity index (χ3n) is 1.72. The monoisotopic (exact) mass is 212 g/mol. The Balaban J connectivity index is 2.98. The van der Waals surface area contributed by atoms with Crippen molar-refractivity contribution in [1.29, 1.82) is 0 Å². The molecule has 15 heavy (non-hydrogen) atoms. The van der Waals surface area contributed by atoms with Crippen LogP contribution in [0, 0.1) is 0 Å². The van der Waals surface area contributed by atoms with Gasteiger partial charge in [-0.25, -0.2) is 0 Å². The highest BCUT2D eigenvalue weighted by Crippen LogP contribution is 1.95. The highest BCUT2D eigenvalue weighted by Gasteiger charge is 1.90. The van der Waals surface area contributed by atoms with Gasteiger partial charge < -0.3 is 4.74 Å². The van der Waals surface area contributed by atoms with Crippen molar-refractivity contribution in [2.45, 2.75) is 25.7 Å². The Hall–Kier alpha value is -1.42. The maximum Gasteiger partial charge on any atom is 0.0466 e. The number of azide groups is 2. The molecule has 0 spiro atoms. The summed E-state index contributed by atoms with van der Waals surface area (Å²) in [4.78, 5) is 5.31. The lowest BCUT2D eigenvalue weighted by Gasteiger charge is -2.01. The molecule has 0 saturated heterocycles. The second kappa shape index (κ2) is 12.6. The first-order valence-electron chi connectivity index (χ1n) is 5.01. The summed E-state index contributed by atoms with van der Waals surface area (Å²) < 4.78 is 5.32. The van der Waals surface area contributed by atoms with E-state index >= 15 is 0 Å². The maximum atomic E-state index is 8.00. The molecule has 0 rings (SSSR count). The number of hydrogen-bond donors (Lipinski definition) is 0. The maximum absolute atomic E-state index is 8.00. The Labute approximate surface area is 88.7 Å². The molecule has 0 aliphatic heterocycles. The van der Waals surface area contributed by atoms with E-state index in [2.05, 4.69) is 20.1 Å². The Morgan fingerprint density at radius 1 is 0.800 bits per heavy atom. The number of rotatable bonds is 10. The van der Waals surface area contributed by atoms with Crippen molar-refractivity contribution in [3.63, 3.8) is 0 Å². The van der Waals surface area contributed by atoms with E-state index in [1.165, 1.54) is 0 Å². The van der Waals surface area contributed by atoms with Crippen molar-refractivity contribution < 1.29 is 4.74 Å². The van der Waals surface area contributed by atoms with E-state index in [-0.39, 0.29) is 0 Å². The van der Waals surface area contributed by atoms with Crippen LogP contribution in [-0.4, -0.2) is 26.3 Å². The highest BCUT2D eigenvalue weighted by atomic mass is 16.5. The summed E-state index contributed by atoms with van der Waals surface area (Å²) in [5.41, 5.74) is 16.0. The van der Waals surface area contributed by atoms with Crippen molar-refractivity contribution >= 4 is 0 Å². The Kier molecular flexibility index (Phi) is 11.4. The van der Waals surface area contributed by atoms with Gasteiger partial charge in [0.1, 0.15) is 0 Å². The molecule has 7 heteroatoms. The van der Waals surface area contributed by atoms with Gasteiger partial charge in [-0.2, -0.15) is 0 Å². The lowest BCUT2D eigenvalue weighted by Crippen LogP contribution is -1.98. The summed E-state index contributed by atoms with van der Waals surface area (Å²) in [6.07, 6.45) is 3.55. The van der Waals surface area contributed by atoms with Crippen LogP contribution in [0.2, 0.25) is 0 Å². The molecular weight excluding hydrogens is 196 g/mol. The van der Waals surface area contributed by atoms with Crippen molar-refractivity contribution in [3.05, 3.63) is 20.9 Å². The van der Waals surface area contributed by atoms with Crippen LogP contribution in [0.15, 0.2) is 10.2 Å². The number of nitrogens with zero attached hydrogens (tertiary/aromatic N) is 6. The molecule has 0 aromatic rings. The molecule has 84 valence electrons. The zero-order valence-corrected chi connectivity index (χ0v) is 8.75. The van der Waals surface area contributed by atoms with Crippen molar-refractivity contribution in [1.82, 2.24) is 0 Å². The second-order valence-corrected chi connectivity index (χ2v) is 2.94. The van der Waals surface area contributed by atoms with Gasteiger partial charge in [0, 0.05) is 36.1 Å². The fourth-order valence-electron chi connectivity index (χ4n) is 0.965. The van der Waals surface area contributed by atoms with Gasteiger partial charge in [-0.15, -0.1) is 0 Å². The fourth-order valence-corrected chi connectivity index (χ4v) is 0.965. The second-order valence-electron chi connectivity index (χ2n) is 2.94. The van der Waals surface area contributed by atoms with E-state index < -0.39 is 0 Å². The Morgan fingerprint density at radius 2 is 1.27 bits per heavy atom. The predicted molar refractivity (Wildman–Crippen MR) is 57.3 cm³/mol. The van der Waals surface area contributed by atoms with E-state index in [0.29, 0.717) is 26.3 Å². The summed E-state index contributed by atoms with van der Waals surface area (Å²) in [6, 6.07) is 0. The molecule has 0 aliphatic rings. The fraction of sp³-hybridized carbons (Fsp3) is 1.00. The van der Waals surface area contributed by atoms with Gasteiger partial charge in [0.25, 0.3) is 0 Å². The first-order chi connectivity index (χ1) is 7.41. The Morgan fingerprint density at radius 3 is 1.67 bits per heavy atom. The van der Waals surface area contributed by atoms with Gasteiger partial charge in [-0.05, 0) is 36.7 Å². The standard InChI is InChI=1S/C8H16N6O/c9-13-11-5-1-3-7-15-8-4-2-6-12-14-10/h1-8H2. The molecule has 0 N–H and O–H groups in total. The number of ether oxygens (including phenoxy) is 1. The van der Waals surface area contributed by atoms with Gasteiger partial charge in [-0.1, -0.05) is 10.2 Å². The predicted octanol–water partition coefficient (Wildman–Crippen LogP) is 3.18. The molecule has 0 bridgehead atoms. The molecule has 0 atom stereocenters. The average Bonchev–Trinajstić information content (AvgIpc) is 2.26.